The first-order chi connectivity index (χ1) is 8.47. The largest absolute Gasteiger partial charge is 0.388 e. The number of thiophene rings is 1. The summed E-state index contributed by atoms with van der Waals surface area (Å²) in [5.41, 5.74) is 1.82. The summed E-state index contributed by atoms with van der Waals surface area (Å²) >= 11 is 8.45. The van der Waals surface area contributed by atoms with Gasteiger partial charge in [0.05, 0.1) is 19.4 Å². The highest BCUT2D eigenvalue weighted by atomic mass is 79.9. The van der Waals surface area contributed by atoms with E-state index >= 15 is 0 Å². The van der Waals surface area contributed by atoms with Crippen LogP contribution >= 0.6 is 43.2 Å². The number of nitrogens with zero attached hydrogens (tertiary/aromatic N) is 2. The van der Waals surface area contributed by atoms with E-state index < -0.39 is 6.10 Å². The van der Waals surface area contributed by atoms with Crippen LogP contribution in [0.4, 0.5) is 0 Å². The summed E-state index contributed by atoms with van der Waals surface area (Å²) < 4.78 is 3.88. The highest BCUT2D eigenvalue weighted by molar-refractivity contribution is 9.12. The summed E-state index contributed by atoms with van der Waals surface area (Å²) in [6.45, 7) is 4.17. The molecule has 0 saturated carbocycles. The number of aromatic nitrogens is 2. The molecule has 0 aliphatic carbocycles. The molecule has 0 aliphatic heterocycles. The van der Waals surface area contributed by atoms with Crippen molar-refractivity contribution >= 4 is 43.2 Å². The summed E-state index contributed by atoms with van der Waals surface area (Å²) in [5.74, 6) is 0. The lowest BCUT2D eigenvalue weighted by Gasteiger charge is -2.08. The summed E-state index contributed by atoms with van der Waals surface area (Å²) in [6, 6.07) is 4.25. The first kappa shape index (κ1) is 14.2. The molecule has 0 saturated heterocycles. The molecule has 0 aliphatic rings. The van der Waals surface area contributed by atoms with Crippen LogP contribution in [0.3, 0.4) is 0 Å². The Kier molecular flexibility index (Phi) is 4.64. The van der Waals surface area contributed by atoms with E-state index in [9.17, 15) is 5.11 Å². The standard InChI is InChI=1S/C12H14Br2N2OS/c1-7(2)16-4-3-8(15-16)5-10(17)9-6-11(13)18-12(9)14/h3-4,6-7,10,17H,5H2,1-2H3. The van der Waals surface area contributed by atoms with Crippen molar-refractivity contribution in [3.63, 3.8) is 0 Å². The van der Waals surface area contributed by atoms with Gasteiger partial charge in [0.25, 0.3) is 0 Å². The molecule has 0 fully saturated rings. The van der Waals surface area contributed by atoms with Crippen molar-refractivity contribution in [3.05, 3.63) is 37.2 Å². The zero-order chi connectivity index (χ0) is 13.3. The smallest absolute Gasteiger partial charge is 0.0865 e. The SMILES string of the molecule is CC(C)n1ccc(CC(O)c2cc(Br)sc2Br)n1. The molecular weight excluding hydrogens is 380 g/mol. The number of hydrogen-bond donors (Lipinski definition) is 1. The normalized spacial score (nSPS) is 13.2. The molecule has 0 amide bonds. The van der Waals surface area contributed by atoms with E-state index in [0.717, 1.165) is 18.8 Å². The first-order valence-electron chi connectivity index (χ1n) is 5.64. The number of halogens is 2. The van der Waals surface area contributed by atoms with Gasteiger partial charge < -0.3 is 5.11 Å². The highest BCUT2D eigenvalue weighted by Gasteiger charge is 2.16. The molecule has 2 rings (SSSR count). The fourth-order valence-corrected chi connectivity index (χ4v) is 4.62. The van der Waals surface area contributed by atoms with E-state index in [1.807, 2.05) is 23.0 Å². The van der Waals surface area contributed by atoms with Crippen LogP contribution in [0.25, 0.3) is 0 Å². The Morgan fingerprint density at radius 1 is 1.44 bits per heavy atom. The maximum atomic E-state index is 10.2. The van der Waals surface area contributed by atoms with Gasteiger partial charge in [0.1, 0.15) is 0 Å². The van der Waals surface area contributed by atoms with E-state index in [-0.39, 0.29) is 0 Å². The molecule has 0 radical (unpaired) electrons. The van der Waals surface area contributed by atoms with Crippen LogP contribution in [-0.2, 0) is 6.42 Å². The Balaban J connectivity index is 2.11. The maximum absolute atomic E-state index is 10.2. The molecule has 18 heavy (non-hydrogen) atoms. The molecule has 1 N–H and O–H groups in total. The lowest BCUT2D eigenvalue weighted by atomic mass is 10.1. The van der Waals surface area contributed by atoms with Gasteiger partial charge in [-0.2, -0.15) is 5.10 Å². The minimum absolute atomic E-state index is 0.345. The van der Waals surface area contributed by atoms with E-state index in [4.69, 9.17) is 0 Å². The third-order valence-corrected chi connectivity index (χ3v) is 5.02. The van der Waals surface area contributed by atoms with Gasteiger partial charge in [-0.15, -0.1) is 11.3 Å². The number of aliphatic hydroxyl groups is 1. The molecule has 98 valence electrons. The lowest BCUT2D eigenvalue weighted by Crippen LogP contribution is -2.05. The lowest BCUT2D eigenvalue weighted by molar-refractivity contribution is 0.176. The van der Waals surface area contributed by atoms with E-state index in [2.05, 4.69) is 50.8 Å². The molecule has 1 atom stereocenters. The quantitative estimate of drug-likeness (QED) is 0.839. The Hall–Kier alpha value is -0.170. The average Bonchev–Trinajstić information content (AvgIpc) is 2.85. The van der Waals surface area contributed by atoms with Crippen molar-refractivity contribution in [2.24, 2.45) is 0 Å². The van der Waals surface area contributed by atoms with Gasteiger partial charge in [-0.3, -0.25) is 4.68 Å². The van der Waals surface area contributed by atoms with Gasteiger partial charge in [-0.25, -0.2) is 0 Å². The fourth-order valence-electron chi connectivity index (χ4n) is 1.66. The Morgan fingerprint density at radius 3 is 2.67 bits per heavy atom. The van der Waals surface area contributed by atoms with Crippen LogP contribution in [0.1, 0.15) is 37.3 Å². The molecular formula is C12H14Br2N2OS. The molecule has 3 nitrogen and oxygen atoms in total. The molecule has 0 spiro atoms. The van der Waals surface area contributed by atoms with Crippen LogP contribution in [-0.4, -0.2) is 14.9 Å². The molecule has 0 aromatic carbocycles. The van der Waals surface area contributed by atoms with Gasteiger partial charge in [0.2, 0.25) is 0 Å². The Bertz CT molecular complexity index is 536. The zero-order valence-electron chi connectivity index (χ0n) is 10.1. The van der Waals surface area contributed by atoms with Crippen molar-refractivity contribution in [3.8, 4) is 0 Å². The highest BCUT2D eigenvalue weighted by Crippen LogP contribution is 2.36. The Morgan fingerprint density at radius 2 is 2.17 bits per heavy atom. The predicted octanol–water partition coefficient (Wildman–Crippen LogP) is 4.33. The van der Waals surface area contributed by atoms with E-state index in [0.29, 0.717) is 12.5 Å². The molecule has 2 heterocycles. The summed E-state index contributed by atoms with van der Waals surface area (Å²) in [5, 5.41) is 14.7. The molecule has 6 heteroatoms. The van der Waals surface area contributed by atoms with Gasteiger partial charge >= 0.3 is 0 Å². The van der Waals surface area contributed by atoms with Gasteiger partial charge in [0.15, 0.2) is 0 Å². The van der Waals surface area contributed by atoms with Gasteiger partial charge in [0, 0.05) is 24.2 Å². The van der Waals surface area contributed by atoms with Crippen LogP contribution in [0.2, 0.25) is 0 Å². The van der Waals surface area contributed by atoms with Crippen LogP contribution in [0, 0.1) is 0 Å². The third-order valence-electron chi connectivity index (χ3n) is 2.64. The zero-order valence-corrected chi connectivity index (χ0v) is 14.1. The minimum atomic E-state index is -0.530. The summed E-state index contributed by atoms with van der Waals surface area (Å²) in [6.07, 6.45) is 1.95. The third kappa shape index (κ3) is 3.23. The second kappa shape index (κ2) is 5.86. The van der Waals surface area contributed by atoms with Crippen LogP contribution in [0.5, 0.6) is 0 Å². The maximum Gasteiger partial charge on any atom is 0.0865 e. The van der Waals surface area contributed by atoms with Crippen LogP contribution < -0.4 is 0 Å². The fraction of sp³-hybridized carbons (Fsp3) is 0.417. The van der Waals surface area contributed by atoms with Crippen molar-refractivity contribution in [2.45, 2.75) is 32.4 Å². The first-order valence-corrected chi connectivity index (χ1v) is 8.04. The van der Waals surface area contributed by atoms with Crippen molar-refractivity contribution in [2.75, 3.05) is 0 Å². The number of aliphatic hydroxyl groups excluding tert-OH is 1. The summed E-state index contributed by atoms with van der Waals surface area (Å²) in [4.78, 5) is 0. The Labute approximate surface area is 127 Å². The second-order valence-electron chi connectivity index (χ2n) is 4.38. The predicted molar refractivity (Wildman–Crippen MR) is 81.0 cm³/mol. The average molecular weight is 394 g/mol. The minimum Gasteiger partial charge on any atom is -0.388 e. The second-order valence-corrected chi connectivity index (χ2v) is 8.13. The molecule has 2 aromatic rings. The number of hydrogen-bond acceptors (Lipinski definition) is 3. The summed E-state index contributed by atoms with van der Waals surface area (Å²) in [7, 11) is 0. The van der Waals surface area contributed by atoms with Crippen molar-refractivity contribution < 1.29 is 5.11 Å². The van der Waals surface area contributed by atoms with E-state index in [1.165, 1.54) is 0 Å². The monoisotopic (exact) mass is 392 g/mol. The molecule has 2 aromatic heterocycles. The van der Waals surface area contributed by atoms with Crippen LogP contribution in [0.15, 0.2) is 25.9 Å². The topological polar surface area (TPSA) is 38.0 Å². The molecule has 0 bridgehead atoms. The number of rotatable bonds is 4. The van der Waals surface area contributed by atoms with Gasteiger partial charge in [-0.05, 0) is 57.8 Å². The van der Waals surface area contributed by atoms with Crippen molar-refractivity contribution in [1.29, 1.82) is 0 Å². The molecule has 1 unspecified atom stereocenters. The van der Waals surface area contributed by atoms with E-state index in [1.54, 1.807) is 11.3 Å². The van der Waals surface area contributed by atoms with Gasteiger partial charge in [-0.1, -0.05) is 0 Å². The van der Waals surface area contributed by atoms with Crippen molar-refractivity contribution in [1.82, 2.24) is 9.78 Å².